The van der Waals surface area contributed by atoms with E-state index in [1.165, 1.54) is 5.56 Å². The molecule has 1 atom stereocenters. The molecular formula is C13H15NOS. The number of aliphatic hydroxyl groups excluding tert-OH is 1. The van der Waals surface area contributed by atoms with Gasteiger partial charge in [0.05, 0.1) is 6.10 Å². The summed E-state index contributed by atoms with van der Waals surface area (Å²) in [6, 6.07) is 9.96. The van der Waals surface area contributed by atoms with Gasteiger partial charge in [-0.25, -0.2) is 0 Å². The Kier molecular flexibility index (Phi) is 3.59. The second-order valence-electron chi connectivity index (χ2n) is 3.75. The lowest BCUT2D eigenvalue weighted by Gasteiger charge is -2.13. The molecule has 1 heterocycles. The van der Waals surface area contributed by atoms with Gasteiger partial charge in [0.1, 0.15) is 0 Å². The fraction of sp³-hybridized carbons (Fsp3) is 0.231. The third-order valence-corrected chi connectivity index (χ3v) is 3.21. The van der Waals surface area contributed by atoms with Gasteiger partial charge in [-0.2, -0.15) is 11.3 Å². The Morgan fingerprint density at radius 3 is 2.81 bits per heavy atom. The highest BCUT2D eigenvalue weighted by atomic mass is 32.1. The zero-order chi connectivity index (χ0) is 11.4. The molecule has 2 aromatic rings. The molecule has 0 amide bonds. The van der Waals surface area contributed by atoms with Crippen molar-refractivity contribution in [3.63, 3.8) is 0 Å². The van der Waals surface area contributed by atoms with Crippen LogP contribution >= 0.6 is 11.3 Å². The standard InChI is InChI=1S/C13H15NOS/c1-10(15)12-4-2-3-5-13(12)14-8-11-6-7-16-9-11/h2-7,9-10,14-15H,8H2,1H3. The van der Waals surface area contributed by atoms with Gasteiger partial charge in [-0.15, -0.1) is 0 Å². The number of anilines is 1. The van der Waals surface area contributed by atoms with Gasteiger partial charge in [-0.05, 0) is 35.4 Å². The Morgan fingerprint density at radius 1 is 1.31 bits per heavy atom. The Balaban J connectivity index is 2.09. The molecule has 0 saturated heterocycles. The number of aliphatic hydroxyl groups is 1. The van der Waals surface area contributed by atoms with E-state index >= 15 is 0 Å². The van der Waals surface area contributed by atoms with Crippen LogP contribution in [0.4, 0.5) is 5.69 Å². The summed E-state index contributed by atoms with van der Waals surface area (Å²) < 4.78 is 0. The molecule has 0 bridgehead atoms. The number of thiophene rings is 1. The maximum Gasteiger partial charge on any atom is 0.0781 e. The molecule has 2 nitrogen and oxygen atoms in total. The zero-order valence-electron chi connectivity index (χ0n) is 9.18. The van der Waals surface area contributed by atoms with Crippen LogP contribution in [0.25, 0.3) is 0 Å². The van der Waals surface area contributed by atoms with Crippen LogP contribution < -0.4 is 5.32 Å². The topological polar surface area (TPSA) is 32.3 Å². The van der Waals surface area contributed by atoms with E-state index in [9.17, 15) is 5.11 Å². The Morgan fingerprint density at radius 2 is 2.12 bits per heavy atom. The maximum atomic E-state index is 9.62. The van der Waals surface area contributed by atoms with Crippen molar-refractivity contribution in [2.24, 2.45) is 0 Å². The minimum atomic E-state index is -0.439. The quantitative estimate of drug-likeness (QED) is 0.848. The van der Waals surface area contributed by atoms with Crippen molar-refractivity contribution >= 4 is 17.0 Å². The van der Waals surface area contributed by atoms with Gasteiger partial charge >= 0.3 is 0 Å². The van der Waals surface area contributed by atoms with Gasteiger partial charge in [0.25, 0.3) is 0 Å². The molecule has 2 rings (SSSR count). The molecular weight excluding hydrogens is 218 g/mol. The van der Waals surface area contributed by atoms with Crippen LogP contribution in [0.2, 0.25) is 0 Å². The van der Waals surface area contributed by atoms with Gasteiger partial charge in [0.2, 0.25) is 0 Å². The summed E-state index contributed by atoms with van der Waals surface area (Å²) in [5, 5.41) is 17.2. The lowest BCUT2D eigenvalue weighted by Crippen LogP contribution is -2.03. The molecule has 1 unspecified atom stereocenters. The Labute approximate surface area is 99.6 Å². The average molecular weight is 233 g/mol. The molecule has 84 valence electrons. The first-order valence-corrected chi connectivity index (χ1v) is 6.23. The Hall–Kier alpha value is -1.32. The molecule has 2 N–H and O–H groups in total. The number of para-hydroxylation sites is 1. The summed E-state index contributed by atoms with van der Waals surface area (Å²) >= 11 is 1.70. The minimum Gasteiger partial charge on any atom is -0.389 e. The van der Waals surface area contributed by atoms with Crippen LogP contribution in [0, 0.1) is 0 Å². The van der Waals surface area contributed by atoms with Gasteiger partial charge in [-0.3, -0.25) is 0 Å². The van der Waals surface area contributed by atoms with E-state index in [0.29, 0.717) is 0 Å². The third-order valence-electron chi connectivity index (χ3n) is 2.47. The van der Waals surface area contributed by atoms with Crippen molar-refractivity contribution in [1.82, 2.24) is 0 Å². The zero-order valence-corrected chi connectivity index (χ0v) is 10.00. The molecule has 0 spiro atoms. The lowest BCUT2D eigenvalue weighted by molar-refractivity contribution is 0.200. The summed E-state index contributed by atoms with van der Waals surface area (Å²) in [7, 11) is 0. The molecule has 0 aliphatic rings. The molecule has 0 aliphatic carbocycles. The minimum absolute atomic E-state index is 0.439. The van der Waals surface area contributed by atoms with Crippen LogP contribution in [0.5, 0.6) is 0 Å². The van der Waals surface area contributed by atoms with Crippen LogP contribution in [0.15, 0.2) is 41.1 Å². The second-order valence-corrected chi connectivity index (χ2v) is 4.53. The predicted molar refractivity (Wildman–Crippen MR) is 68.7 cm³/mol. The summed E-state index contributed by atoms with van der Waals surface area (Å²) in [5.41, 5.74) is 3.21. The number of rotatable bonds is 4. The highest BCUT2D eigenvalue weighted by molar-refractivity contribution is 7.07. The highest BCUT2D eigenvalue weighted by Crippen LogP contribution is 2.22. The van der Waals surface area contributed by atoms with E-state index in [-0.39, 0.29) is 0 Å². The maximum absolute atomic E-state index is 9.62. The number of benzene rings is 1. The molecule has 3 heteroatoms. The van der Waals surface area contributed by atoms with Crippen LogP contribution in [-0.4, -0.2) is 5.11 Å². The van der Waals surface area contributed by atoms with E-state index < -0.39 is 6.10 Å². The van der Waals surface area contributed by atoms with Crippen molar-refractivity contribution in [2.75, 3.05) is 5.32 Å². The summed E-state index contributed by atoms with van der Waals surface area (Å²) in [6.45, 7) is 2.58. The summed E-state index contributed by atoms with van der Waals surface area (Å²) in [5.74, 6) is 0. The first-order chi connectivity index (χ1) is 7.77. The van der Waals surface area contributed by atoms with E-state index in [1.54, 1.807) is 18.3 Å². The SMILES string of the molecule is CC(O)c1ccccc1NCc1ccsc1. The average Bonchev–Trinajstić information content (AvgIpc) is 2.79. The van der Waals surface area contributed by atoms with E-state index in [4.69, 9.17) is 0 Å². The smallest absolute Gasteiger partial charge is 0.0781 e. The highest BCUT2D eigenvalue weighted by Gasteiger charge is 2.06. The molecule has 1 aromatic carbocycles. The summed E-state index contributed by atoms with van der Waals surface area (Å²) in [4.78, 5) is 0. The Bertz CT molecular complexity index is 437. The molecule has 1 aromatic heterocycles. The first kappa shape index (κ1) is 11.2. The molecule has 0 radical (unpaired) electrons. The van der Waals surface area contributed by atoms with Crippen molar-refractivity contribution in [2.45, 2.75) is 19.6 Å². The van der Waals surface area contributed by atoms with Crippen molar-refractivity contribution in [3.8, 4) is 0 Å². The van der Waals surface area contributed by atoms with Crippen molar-refractivity contribution < 1.29 is 5.11 Å². The molecule has 0 saturated carbocycles. The largest absolute Gasteiger partial charge is 0.389 e. The van der Waals surface area contributed by atoms with Gasteiger partial charge in [0, 0.05) is 17.8 Å². The summed E-state index contributed by atoms with van der Waals surface area (Å²) in [6.07, 6.45) is -0.439. The second kappa shape index (κ2) is 5.14. The third kappa shape index (κ3) is 2.62. The fourth-order valence-electron chi connectivity index (χ4n) is 1.61. The van der Waals surface area contributed by atoms with E-state index in [2.05, 4.69) is 22.1 Å². The van der Waals surface area contributed by atoms with E-state index in [1.807, 2.05) is 24.3 Å². The van der Waals surface area contributed by atoms with Gasteiger partial charge in [0.15, 0.2) is 0 Å². The monoisotopic (exact) mass is 233 g/mol. The van der Waals surface area contributed by atoms with Crippen LogP contribution in [0.3, 0.4) is 0 Å². The fourth-order valence-corrected chi connectivity index (χ4v) is 2.28. The first-order valence-electron chi connectivity index (χ1n) is 5.29. The predicted octanol–water partition coefficient (Wildman–Crippen LogP) is 3.41. The molecule has 0 fully saturated rings. The van der Waals surface area contributed by atoms with Crippen LogP contribution in [-0.2, 0) is 6.54 Å². The van der Waals surface area contributed by atoms with Gasteiger partial charge in [-0.1, -0.05) is 18.2 Å². The normalized spacial score (nSPS) is 12.4. The van der Waals surface area contributed by atoms with Gasteiger partial charge < -0.3 is 10.4 Å². The van der Waals surface area contributed by atoms with Crippen molar-refractivity contribution in [3.05, 3.63) is 52.2 Å². The molecule has 0 aliphatic heterocycles. The number of nitrogens with one attached hydrogen (secondary N) is 1. The lowest BCUT2D eigenvalue weighted by atomic mass is 10.1. The number of hydrogen-bond acceptors (Lipinski definition) is 3. The number of hydrogen-bond donors (Lipinski definition) is 2. The van der Waals surface area contributed by atoms with E-state index in [0.717, 1.165) is 17.8 Å². The van der Waals surface area contributed by atoms with Crippen LogP contribution in [0.1, 0.15) is 24.2 Å². The van der Waals surface area contributed by atoms with Crippen molar-refractivity contribution in [1.29, 1.82) is 0 Å². The molecule has 16 heavy (non-hydrogen) atoms.